The molecule has 1 rings (SSSR count). The summed E-state index contributed by atoms with van der Waals surface area (Å²) in [5.74, 6) is 5.59. The van der Waals surface area contributed by atoms with Gasteiger partial charge in [-0.1, -0.05) is 62.1 Å². The lowest BCUT2D eigenvalue weighted by Gasteiger charge is -1.91. The monoisotopic (exact) mass is 316 g/mol. The van der Waals surface area contributed by atoms with Gasteiger partial charge in [0.05, 0.1) is 6.10 Å². The number of rotatable bonds is 11. The Morgan fingerprint density at radius 1 is 1.13 bits per heavy atom. The number of aliphatic carboxylic acids is 1. The summed E-state index contributed by atoms with van der Waals surface area (Å²) in [7, 11) is 0. The molecule has 1 fully saturated rings. The van der Waals surface area contributed by atoms with Crippen LogP contribution < -0.4 is 0 Å². The predicted molar refractivity (Wildman–Crippen MR) is 94.1 cm³/mol. The Morgan fingerprint density at radius 3 is 2.74 bits per heavy atom. The van der Waals surface area contributed by atoms with E-state index in [4.69, 9.17) is 9.84 Å². The maximum Gasteiger partial charge on any atom is 0.303 e. The Balaban J connectivity index is 2.01. The normalized spacial score (nSPS) is 20.2. The van der Waals surface area contributed by atoms with Gasteiger partial charge in [0.15, 0.2) is 0 Å². The van der Waals surface area contributed by atoms with Crippen molar-refractivity contribution < 1.29 is 14.6 Å². The van der Waals surface area contributed by atoms with Crippen LogP contribution in [0.5, 0.6) is 0 Å². The SMILES string of the molecule is CCCCCC#CC\C=C/C=C/C=C/[C@@H]1O[C@H]1CCCC(=O)O. The molecule has 3 heteroatoms. The number of allylic oxidation sites excluding steroid dienone is 5. The third-order valence-corrected chi connectivity index (χ3v) is 3.52. The van der Waals surface area contributed by atoms with Crippen LogP contribution in [-0.4, -0.2) is 23.3 Å². The molecule has 23 heavy (non-hydrogen) atoms. The minimum absolute atomic E-state index is 0.159. The lowest BCUT2D eigenvalue weighted by Crippen LogP contribution is -1.97. The van der Waals surface area contributed by atoms with E-state index in [2.05, 4.69) is 24.8 Å². The number of carboxylic acids is 1. The number of carboxylic acid groups (broad SMARTS) is 1. The molecule has 1 aliphatic heterocycles. The smallest absolute Gasteiger partial charge is 0.303 e. The van der Waals surface area contributed by atoms with Gasteiger partial charge in [0.25, 0.3) is 0 Å². The average Bonchev–Trinajstić information content (AvgIpc) is 3.26. The number of ether oxygens (including phenoxy) is 1. The van der Waals surface area contributed by atoms with E-state index in [1.54, 1.807) is 0 Å². The lowest BCUT2D eigenvalue weighted by molar-refractivity contribution is -0.137. The average molecular weight is 316 g/mol. The van der Waals surface area contributed by atoms with Gasteiger partial charge in [0, 0.05) is 19.3 Å². The maximum absolute atomic E-state index is 10.4. The summed E-state index contributed by atoms with van der Waals surface area (Å²) in [5.41, 5.74) is 0. The van der Waals surface area contributed by atoms with Gasteiger partial charge in [-0.15, -0.1) is 5.92 Å². The lowest BCUT2D eigenvalue weighted by atomic mass is 10.1. The maximum atomic E-state index is 10.4. The Hall–Kier alpha value is -1.79. The van der Waals surface area contributed by atoms with Crippen molar-refractivity contribution in [1.29, 1.82) is 0 Å². The van der Waals surface area contributed by atoms with Gasteiger partial charge < -0.3 is 9.84 Å². The molecule has 126 valence electrons. The highest BCUT2D eigenvalue weighted by Gasteiger charge is 2.35. The number of hydrogen-bond acceptors (Lipinski definition) is 2. The second kappa shape index (κ2) is 12.7. The van der Waals surface area contributed by atoms with Gasteiger partial charge in [0.2, 0.25) is 0 Å². The van der Waals surface area contributed by atoms with Crippen LogP contribution in [0.3, 0.4) is 0 Å². The highest BCUT2D eigenvalue weighted by atomic mass is 16.6. The number of unbranched alkanes of at least 4 members (excludes halogenated alkanes) is 3. The van der Waals surface area contributed by atoms with Crippen molar-refractivity contribution in [2.75, 3.05) is 0 Å². The molecular weight excluding hydrogens is 288 g/mol. The molecule has 1 heterocycles. The molecule has 3 nitrogen and oxygen atoms in total. The topological polar surface area (TPSA) is 49.8 Å². The molecule has 0 spiro atoms. The minimum Gasteiger partial charge on any atom is -0.481 e. The van der Waals surface area contributed by atoms with E-state index < -0.39 is 5.97 Å². The Bertz CT molecular complexity index is 477. The van der Waals surface area contributed by atoms with E-state index in [0.717, 1.165) is 19.3 Å². The molecular formula is C20H28O3. The summed E-state index contributed by atoms with van der Waals surface area (Å²) >= 11 is 0. The largest absolute Gasteiger partial charge is 0.481 e. The molecule has 0 amide bonds. The van der Waals surface area contributed by atoms with Crippen LogP contribution in [0.4, 0.5) is 0 Å². The van der Waals surface area contributed by atoms with E-state index in [0.29, 0.717) is 6.42 Å². The van der Waals surface area contributed by atoms with Gasteiger partial charge in [-0.2, -0.15) is 0 Å². The van der Waals surface area contributed by atoms with Crippen molar-refractivity contribution in [3.05, 3.63) is 36.5 Å². The summed E-state index contributed by atoms with van der Waals surface area (Å²) in [4.78, 5) is 10.4. The Morgan fingerprint density at radius 2 is 1.96 bits per heavy atom. The standard InChI is InChI=1S/C20H28O3/c1-2-3-4-5-6-7-8-9-10-11-12-13-15-18-19(23-18)16-14-17-20(21)22/h9-13,15,18-19H,2-5,8,14,16-17H2,1H3,(H,21,22)/b10-9-,12-11+,15-13+/t18-,19-/m0/s1. The molecule has 0 bridgehead atoms. The minimum atomic E-state index is -0.738. The molecule has 0 aromatic heterocycles. The van der Waals surface area contributed by atoms with Crippen LogP contribution in [-0.2, 0) is 9.53 Å². The molecule has 1 saturated heterocycles. The van der Waals surface area contributed by atoms with Gasteiger partial charge >= 0.3 is 5.97 Å². The third kappa shape index (κ3) is 11.4. The van der Waals surface area contributed by atoms with Crippen LogP contribution in [0.2, 0.25) is 0 Å². The summed E-state index contributed by atoms with van der Waals surface area (Å²) in [6, 6.07) is 0. The molecule has 0 unspecified atom stereocenters. The molecule has 0 aliphatic carbocycles. The fourth-order valence-electron chi connectivity index (χ4n) is 2.14. The van der Waals surface area contributed by atoms with E-state index in [9.17, 15) is 4.79 Å². The number of hydrogen-bond donors (Lipinski definition) is 1. The highest BCUT2D eigenvalue weighted by Crippen LogP contribution is 2.28. The first-order chi connectivity index (χ1) is 11.2. The first-order valence-corrected chi connectivity index (χ1v) is 8.57. The van der Waals surface area contributed by atoms with Crippen molar-refractivity contribution >= 4 is 5.97 Å². The first kappa shape index (κ1) is 19.3. The molecule has 0 saturated carbocycles. The van der Waals surface area contributed by atoms with Crippen molar-refractivity contribution in [3.8, 4) is 11.8 Å². The van der Waals surface area contributed by atoms with Crippen molar-refractivity contribution in [2.24, 2.45) is 0 Å². The predicted octanol–water partition coefficient (Wildman–Crippen LogP) is 4.65. The zero-order chi connectivity index (χ0) is 16.8. The molecule has 2 atom stereocenters. The Kier molecular flexibility index (Phi) is 10.7. The molecule has 0 radical (unpaired) electrons. The van der Waals surface area contributed by atoms with Crippen LogP contribution in [0.15, 0.2) is 36.5 Å². The number of carbonyl (C=O) groups is 1. The number of epoxide rings is 1. The second-order valence-electron chi connectivity index (χ2n) is 5.64. The zero-order valence-electron chi connectivity index (χ0n) is 14.0. The van der Waals surface area contributed by atoms with Crippen molar-refractivity contribution in [2.45, 2.75) is 70.5 Å². The van der Waals surface area contributed by atoms with E-state index in [-0.39, 0.29) is 18.6 Å². The first-order valence-electron chi connectivity index (χ1n) is 8.57. The molecule has 0 aromatic carbocycles. The third-order valence-electron chi connectivity index (χ3n) is 3.52. The summed E-state index contributed by atoms with van der Waals surface area (Å²) in [6.07, 6.45) is 19.6. The Labute approximate surface area is 140 Å². The zero-order valence-corrected chi connectivity index (χ0v) is 14.0. The van der Waals surface area contributed by atoms with Gasteiger partial charge in [0.1, 0.15) is 6.10 Å². The summed E-state index contributed by atoms with van der Waals surface area (Å²) in [5, 5.41) is 8.56. The second-order valence-corrected chi connectivity index (χ2v) is 5.64. The van der Waals surface area contributed by atoms with E-state index in [1.165, 1.54) is 19.3 Å². The summed E-state index contributed by atoms with van der Waals surface area (Å²) < 4.78 is 5.45. The highest BCUT2D eigenvalue weighted by molar-refractivity contribution is 5.66. The quantitative estimate of drug-likeness (QED) is 0.261. The van der Waals surface area contributed by atoms with Crippen LogP contribution in [0.1, 0.15) is 58.3 Å². The molecule has 1 N–H and O–H groups in total. The van der Waals surface area contributed by atoms with Crippen LogP contribution in [0, 0.1) is 11.8 Å². The van der Waals surface area contributed by atoms with Gasteiger partial charge in [-0.3, -0.25) is 4.79 Å². The van der Waals surface area contributed by atoms with Gasteiger partial charge in [-0.25, -0.2) is 0 Å². The molecule has 1 aliphatic rings. The van der Waals surface area contributed by atoms with E-state index >= 15 is 0 Å². The van der Waals surface area contributed by atoms with Crippen molar-refractivity contribution in [3.63, 3.8) is 0 Å². The van der Waals surface area contributed by atoms with Crippen LogP contribution >= 0.6 is 0 Å². The van der Waals surface area contributed by atoms with Crippen molar-refractivity contribution in [1.82, 2.24) is 0 Å². The van der Waals surface area contributed by atoms with E-state index in [1.807, 2.05) is 30.4 Å². The van der Waals surface area contributed by atoms with Gasteiger partial charge in [-0.05, 0) is 19.3 Å². The fraction of sp³-hybridized carbons (Fsp3) is 0.550. The van der Waals surface area contributed by atoms with Crippen LogP contribution in [0.25, 0.3) is 0 Å². The molecule has 0 aromatic rings. The fourth-order valence-corrected chi connectivity index (χ4v) is 2.14. The summed E-state index contributed by atoms with van der Waals surface area (Å²) in [6.45, 7) is 2.20.